The fourth-order valence-electron chi connectivity index (χ4n) is 4.33. The molecular weight excluding hydrogens is 458 g/mol. The molecule has 2 amide bonds. The van der Waals surface area contributed by atoms with Gasteiger partial charge in [-0.25, -0.2) is 4.98 Å². The van der Waals surface area contributed by atoms with Crippen molar-refractivity contribution in [2.45, 2.75) is 33.2 Å². The van der Waals surface area contributed by atoms with Gasteiger partial charge in [0.05, 0.1) is 28.9 Å². The van der Waals surface area contributed by atoms with Gasteiger partial charge in [-0.15, -0.1) is 0 Å². The second-order valence-corrected chi connectivity index (χ2v) is 8.87. The number of hydrogen-bond donors (Lipinski definition) is 3. The Morgan fingerprint density at radius 1 is 1.31 bits per heavy atom. The lowest BCUT2D eigenvalue weighted by atomic mass is 10.1. The van der Waals surface area contributed by atoms with Crippen molar-refractivity contribution in [3.8, 4) is 0 Å². The van der Waals surface area contributed by atoms with E-state index in [1.807, 2.05) is 11.5 Å². The first-order valence-electron chi connectivity index (χ1n) is 11.9. The highest BCUT2D eigenvalue weighted by atomic mass is 16.5. The summed E-state index contributed by atoms with van der Waals surface area (Å²) in [6.45, 7) is 5.01. The summed E-state index contributed by atoms with van der Waals surface area (Å²) >= 11 is 0. The molecule has 1 aliphatic rings. The lowest BCUT2D eigenvalue weighted by molar-refractivity contribution is 0.0962. The Labute approximate surface area is 209 Å². The van der Waals surface area contributed by atoms with Crippen LogP contribution in [0.25, 0.3) is 16.6 Å². The Balaban J connectivity index is 1.83. The van der Waals surface area contributed by atoms with E-state index >= 15 is 0 Å². The first-order valence-corrected chi connectivity index (χ1v) is 11.9. The van der Waals surface area contributed by atoms with Gasteiger partial charge in [0.15, 0.2) is 0 Å². The Hall–Kier alpha value is -4.21. The number of imidazole rings is 1. The third kappa shape index (κ3) is 5.07. The average molecular weight is 490 g/mol. The smallest absolute Gasteiger partial charge is 0.258 e. The molecule has 4 N–H and O–H groups in total. The van der Waals surface area contributed by atoms with Gasteiger partial charge in [0.2, 0.25) is 11.8 Å². The summed E-state index contributed by atoms with van der Waals surface area (Å²) in [5, 5.41) is 5.62. The molecular formula is C26H31N7O3. The minimum absolute atomic E-state index is 0.184. The molecule has 0 aliphatic carbocycles. The van der Waals surface area contributed by atoms with Gasteiger partial charge in [-0.3, -0.25) is 24.9 Å². The van der Waals surface area contributed by atoms with Gasteiger partial charge in [-0.2, -0.15) is 0 Å². The molecule has 3 heterocycles. The Kier molecular flexibility index (Phi) is 7.33. The van der Waals surface area contributed by atoms with Gasteiger partial charge >= 0.3 is 0 Å². The van der Waals surface area contributed by atoms with Crippen LogP contribution < -0.4 is 16.4 Å². The molecule has 0 fully saturated rings. The number of carbonyl (C=O) groups excluding carboxylic acids is 2. The highest BCUT2D eigenvalue weighted by Crippen LogP contribution is 2.26. The number of aromatic nitrogens is 3. The number of nitrogens with zero attached hydrogens (tertiary/aromatic N) is 4. The average Bonchev–Trinajstić information content (AvgIpc) is 3.20. The van der Waals surface area contributed by atoms with Crippen LogP contribution in [0, 0.1) is 12.8 Å². The van der Waals surface area contributed by atoms with Gasteiger partial charge in [-0.05, 0) is 56.0 Å². The maximum atomic E-state index is 13.4. The highest BCUT2D eigenvalue weighted by molar-refractivity contribution is 6.19. The van der Waals surface area contributed by atoms with E-state index in [-0.39, 0.29) is 17.7 Å². The van der Waals surface area contributed by atoms with Crippen LogP contribution in [0.4, 0.5) is 5.95 Å². The second-order valence-electron chi connectivity index (χ2n) is 8.87. The molecule has 10 nitrogen and oxygen atoms in total. The number of amides is 2. The molecule has 0 spiro atoms. The summed E-state index contributed by atoms with van der Waals surface area (Å²) in [7, 11) is 3.23. The summed E-state index contributed by atoms with van der Waals surface area (Å²) in [6, 6.07) is 8.69. The van der Waals surface area contributed by atoms with E-state index in [1.165, 1.54) is 6.20 Å². The van der Waals surface area contributed by atoms with Gasteiger partial charge in [0.25, 0.3) is 11.8 Å². The maximum absolute atomic E-state index is 13.4. The Bertz CT molecular complexity index is 1370. The number of benzene rings is 1. The zero-order valence-corrected chi connectivity index (χ0v) is 21.0. The largest absolute Gasteiger partial charge is 0.477 e. The van der Waals surface area contributed by atoms with Crippen molar-refractivity contribution < 1.29 is 14.3 Å². The van der Waals surface area contributed by atoms with E-state index in [0.29, 0.717) is 58.6 Å². The molecule has 4 rings (SSSR count). The zero-order valence-electron chi connectivity index (χ0n) is 21.0. The second kappa shape index (κ2) is 10.6. The number of ether oxygens (including phenoxy) is 1. The molecule has 0 radical (unpaired) electrons. The summed E-state index contributed by atoms with van der Waals surface area (Å²) in [4.78, 5) is 39.1. The number of nitrogens with one attached hydrogen (secondary N) is 2. The normalized spacial score (nSPS) is 19.2. The molecule has 1 aromatic carbocycles. The molecule has 0 saturated heterocycles. The van der Waals surface area contributed by atoms with Crippen LogP contribution >= 0.6 is 0 Å². The van der Waals surface area contributed by atoms with Crippen molar-refractivity contribution in [2.24, 2.45) is 16.6 Å². The first kappa shape index (κ1) is 24.9. The number of anilines is 1. The highest BCUT2D eigenvalue weighted by Gasteiger charge is 2.21. The van der Waals surface area contributed by atoms with E-state index in [2.05, 4.69) is 32.5 Å². The van der Waals surface area contributed by atoms with Crippen LogP contribution in [-0.2, 0) is 11.3 Å². The van der Waals surface area contributed by atoms with Crippen molar-refractivity contribution in [1.82, 2.24) is 19.9 Å². The predicted octanol–water partition coefficient (Wildman–Crippen LogP) is 3.13. The number of aryl methyl sites for hydroxylation is 1. The van der Waals surface area contributed by atoms with E-state index in [9.17, 15) is 9.59 Å². The van der Waals surface area contributed by atoms with Crippen LogP contribution in [-0.4, -0.2) is 52.9 Å². The molecule has 2 bridgehead atoms. The number of carbonyl (C=O) groups is 2. The predicted molar refractivity (Wildman–Crippen MR) is 140 cm³/mol. The number of hydrogen-bond acceptors (Lipinski definition) is 7. The van der Waals surface area contributed by atoms with Crippen molar-refractivity contribution in [2.75, 3.05) is 26.0 Å². The van der Waals surface area contributed by atoms with E-state index in [4.69, 9.17) is 10.5 Å². The topological polar surface area (TPSA) is 137 Å². The van der Waals surface area contributed by atoms with Crippen molar-refractivity contribution in [1.29, 1.82) is 0 Å². The van der Waals surface area contributed by atoms with E-state index in [0.717, 1.165) is 18.4 Å². The number of aliphatic imine (C=N–C) groups is 1. The summed E-state index contributed by atoms with van der Waals surface area (Å²) < 4.78 is 7.92. The van der Waals surface area contributed by atoms with Crippen molar-refractivity contribution in [3.63, 3.8) is 0 Å². The quantitative estimate of drug-likeness (QED) is 0.480. The van der Waals surface area contributed by atoms with Crippen LogP contribution in [0.2, 0.25) is 0 Å². The Morgan fingerprint density at radius 3 is 2.83 bits per heavy atom. The van der Waals surface area contributed by atoms with Gasteiger partial charge < -0.3 is 20.4 Å². The third-order valence-corrected chi connectivity index (χ3v) is 6.13. The minimum Gasteiger partial charge on any atom is -0.477 e. The summed E-state index contributed by atoms with van der Waals surface area (Å²) in [5.74, 6) is 0.524. The molecule has 10 heteroatoms. The molecule has 3 aromatic rings. The molecule has 1 atom stereocenters. The first-order chi connectivity index (χ1) is 17.3. The van der Waals surface area contributed by atoms with Crippen LogP contribution in [0.3, 0.4) is 0 Å². The van der Waals surface area contributed by atoms with Crippen LogP contribution in [0.5, 0.6) is 0 Å². The number of rotatable bonds is 1. The Morgan fingerprint density at radius 2 is 2.11 bits per heavy atom. The summed E-state index contributed by atoms with van der Waals surface area (Å²) in [6.07, 6.45) is 3.06. The minimum atomic E-state index is -0.334. The third-order valence-electron chi connectivity index (χ3n) is 6.13. The fraction of sp³-hybridized carbons (Fsp3) is 0.346. The van der Waals surface area contributed by atoms with Crippen molar-refractivity contribution >= 4 is 40.3 Å². The number of pyridine rings is 1. The monoisotopic (exact) mass is 489 g/mol. The zero-order chi connectivity index (χ0) is 25.8. The SMILES string of the molecule is CN=C1OCCC[C@@H](C)Cn2c(nc3ccc(C(=O)NC)cc32)NC(=O)c2cc(C)nc(c2)C1=CN. The van der Waals surface area contributed by atoms with Crippen molar-refractivity contribution in [3.05, 3.63) is 59.0 Å². The summed E-state index contributed by atoms with van der Waals surface area (Å²) in [5.41, 5.74) is 9.98. The molecule has 0 saturated carbocycles. The lowest BCUT2D eigenvalue weighted by Gasteiger charge is -2.16. The van der Waals surface area contributed by atoms with E-state index in [1.54, 1.807) is 44.4 Å². The fourth-order valence-corrected chi connectivity index (χ4v) is 4.33. The van der Waals surface area contributed by atoms with Crippen LogP contribution in [0.15, 0.2) is 41.5 Å². The van der Waals surface area contributed by atoms with Gasteiger partial charge in [-0.1, -0.05) is 6.92 Å². The van der Waals surface area contributed by atoms with Gasteiger partial charge in [0.1, 0.15) is 0 Å². The standard InChI is InChI=1S/C26H31N7O3/c1-15-6-5-9-36-25(29-4)19(13-27)21-11-18(10-16(2)30-21)24(35)32-26-31-20-8-7-17(23(34)28-3)12-22(20)33(26)14-15/h7-8,10-13,15H,5-6,9,14,27H2,1-4H3,(H,28,34)(H,31,32,35)/t15-/m1/s1. The molecule has 1 aliphatic heterocycles. The maximum Gasteiger partial charge on any atom is 0.258 e. The number of nitrogens with two attached hydrogens (primary N) is 1. The number of fused-ring (bicyclic) bond motifs is 5. The molecule has 2 aromatic heterocycles. The van der Waals surface area contributed by atoms with Gasteiger partial charge in [0, 0.05) is 43.7 Å². The molecule has 188 valence electrons. The lowest BCUT2D eigenvalue weighted by Crippen LogP contribution is -2.19. The van der Waals surface area contributed by atoms with E-state index < -0.39 is 0 Å². The molecule has 36 heavy (non-hydrogen) atoms. The molecule has 0 unspecified atom stereocenters. The van der Waals surface area contributed by atoms with Crippen LogP contribution in [0.1, 0.15) is 51.9 Å².